The summed E-state index contributed by atoms with van der Waals surface area (Å²) in [5, 5.41) is 3.96. The molecule has 1 aliphatic rings. The number of hydrogen-bond acceptors (Lipinski definition) is 4. The summed E-state index contributed by atoms with van der Waals surface area (Å²) in [7, 11) is -1.72. The molecule has 7 heteroatoms. The number of hydrogen-bond donors (Lipinski definition) is 1. The van der Waals surface area contributed by atoms with Gasteiger partial charge in [0.25, 0.3) is 0 Å². The summed E-state index contributed by atoms with van der Waals surface area (Å²) >= 11 is 0. The maximum Gasteiger partial charge on any atom is 0.246 e. The molecule has 1 aromatic rings. The second-order valence-electron chi connectivity index (χ2n) is 5.05. The topological polar surface area (TPSA) is 81.2 Å². The smallest absolute Gasteiger partial charge is 0.246 e. The van der Waals surface area contributed by atoms with Gasteiger partial charge in [0, 0.05) is 25.8 Å². The Morgan fingerprint density at radius 3 is 2.68 bits per heavy atom. The third-order valence-corrected chi connectivity index (χ3v) is 5.51. The van der Waals surface area contributed by atoms with Crippen molar-refractivity contribution in [2.75, 3.05) is 13.1 Å². The number of rotatable bonds is 6. The van der Waals surface area contributed by atoms with Crippen LogP contribution in [0.25, 0.3) is 0 Å². The monoisotopic (exact) mass is 286 g/mol. The van der Waals surface area contributed by atoms with Crippen molar-refractivity contribution in [2.45, 2.75) is 43.0 Å². The van der Waals surface area contributed by atoms with Crippen molar-refractivity contribution in [3.8, 4) is 0 Å². The molecule has 0 spiro atoms. The van der Waals surface area contributed by atoms with Crippen LogP contribution >= 0.6 is 0 Å². The molecule has 0 atom stereocenters. The van der Waals surface area contributed by atoms with E-state index in [0.717, 1.165) is 25.7 Å². The van der Waals surface area contributed by atoms with Gasteiger partial charge in [-0.15, -0.1) is 0 Å². The average molecular weight is 286 g/mol. The number of nitrogens with zero attached hydrogens (tertiary/aromatic N) is 3. The molecule has 1 aliphatic carbocycles. The zero-order valence-corrected chi connectivity index (χ0v) is 12.1. The number of sulfonamides is 1. The van der Waals surface area contributed by atoms with Crippen molar-refractivity contribution < 1.29 is 8.42 Å². The average Bonchev–Trinajstić information content (AvgIpc) is 3.00. The minimum atomic E-state index is -3.44. The predicted octanol–water partition coefficient (Wildman–Crippen LogP) is 0.702. The Morgan fingerprint density at radius 2 is 2.16 bits per heavy atom. The standard InChI is InChI=1S/C12H22N4O2S/c1-15-10-12(9-14-15)19(17,18)16(8-4-7-13)11-5-2-3-6-11/h9-11H,2-8,13H2,1H3. The number of nitrogens with two attached hydrogens (primary N) is 1. The molecule has 0 saturated heterocycles. The first-order valence-electron chi connectivity index (χ1n) is 6.76. The van der Waals surface area contributed by atoms with Crippen LogP contribution in [0.3, 0.4) is 0 Å². The van der Waals surface area contributed by atoms with Crippen molar-refractivity contribution in [1.82, 2.24) is 14.1 Å². The van der Waals surface area contributed by atoms with Crippen molar-refractivity contribution in [3.05, 3.63) is 12.4 Å². The van der Waals surface area contributed by atoms with Crippen LogP contribution in [0.15, 0.2) is 17.3 Å². The van der Waals surface area contributed by atoms with E-state index in [1.165, 1.54) is 10.9 Å². The third kappa shape index (κ3) is 3.16. The molecule has 6 nitrogen and oxygen atoms in total. The Labute approximate surface area is 114 Å². The lowest BCUT2D eigenvalue weighted by Crippen LogP contribution is -2.40. The van der Waals surface area contributed by atoms with Gasteiger partial charge in [0.1, 0.15) is 4.90 Å². The van der Waals surface area contributed by atoms with Gasteiger partial charge in [0.05, 0.1) is 6.20 Å². The van der Waals surface area contributed by atoms with Crippen LogP contribution in [0.1, 0.15) is 32.1 Å². The second kappa shape index (κ2) is 6.02. The molecule has 0 aliphatic heterocycles. The van der Waals surface area contributed by atoms with Gasteiger partial charge < -0.3 is 5.73 Å². The highest BCUT2D eigenvalue weighted by atomic mass is 32.2. The summed E-state index contributed by atoms with van der Waals surface area (Å²) in [6.07, 6.45) is 7.77. The van der Waals surface area contributed by atoms with Gasteiger partial charge in [0.2, 0.25) is 10.0 Å². The van der Waals surface area contributed by atoms with Crippen molar-refractivity contribution in [3.63, 3.8) is 0 Å². The van der Waals surface area contributed by atoms with Crippen LogP contribution in [0.4, 0.5) is 0 Å². The minimum Gasteiger partial charge on any atom is -0.330 e. The first-order valence-corrected chi connectivity index (χ1v) is 8.20. The lowest BCUT2D eigenvalue weighted by Gasteiger charge is -2.27. The summed E-state index contributed by atoms with van der Waals surface area (Å²) in [5.74, 6) is 0. The van der Waals surface area contributed by atoms with Crippen LogP contribution < -0.4 is 5.73 Å². The van der Waals surface area contributed by atoms with Gasteiger partial charge in [-0.3, -0.25) is 4.68 Å². The molecule has 1 fully saturated rings. The van der Waals surface area contributed by atoms with Crippen LogP contribution in [0, 0.1) is 0 Å². The van der Waals surface area contributed by atoms with E-state index in [1.807, 2.05) is 0 Å². The summed E-state index contributed by atoms with van der Waals surface area (Å²) in [4.78, 5) is 0.277. The molecule has 1 saturated carbocycles. The van der Waals surface area contributed by atoms with Crippen LogP contribution in [-0.4, -0.2) is 41.6 Å². The Balaban J connectivity index is 2.25. The summed E-state index contributed by atoms with van der Waals surface area (Å²) in [6, 6.07) is 0.122. The third-order valence-electron chi connectivity index (χ3n) is 3.60. The fraction of sp³-hybridized carbons (Fsp3) is 0.750. The van der Waals surface area contributed by atoms with Crippen LogP contribution in [-0.2, 0) is 17.1 Å². The van der Waals surface area contributed by atoms with E-state index in [4.69, 9.17) is 5.73 Å². The largest absolute Gasteiger partial charge is 0.330 e. The zero-order valence-electron chi connectivity index (χ0n) is 11.3. The van der Waals surface area contributed by atoms with E-state index in [0.29, 0.717) is 19.5 Å². The van der Waals surface area contributed by atoms with Gasteiger partial charge in [-0.25, -0.2) is 8.42 Å². The van der Waals surface area contributed by atoms with E-state index in [1.54, 1.807) is 17.5 Å². The van der Waals surface area contributed by atoms with E-state index >= 15 is 0 Å². The summed E-state index contributed by atoms with van der Waals surface area (Å²) in [6.45, 7) is 1.00. The van der Waals surface area contributed by atoms with Gasteiger partial charge >= 0.3 is 0 Å². The summed E-state index contributed by atoms with van der Waals surface area (Å²) < 4.78 is 28.5. The maximum atomic E-state index is 12.7. The molecule has 0 radical (unpaired) electrons. The molecular weight excluding hydrogens is 264 g/mol. The van der Waals surface area contributed by atoms with Crippen molar-refractivity contribution in [2.24, 2.45) is 12.8 Å². The SMILES string of the molecule is Cn1cc(S(=O)(=O)N(CCCN)C2CCCC2)cn1. The van der Waals surface area contributed by atoms with Gasteiger partial charge in [-0.1, -0.05) is 12.8 Å². The molecule has 2 rings (SSSR count). The predicted molar refractivity (Wildman–Crippen MR) is 73.0 cm³/mol. The normalized spacial score (nSPS) is 17.4. The lowest BCUT2D eigenvalue weighted by molar-refractivity contribution is 0.320. The first kappa shape index (κ1) is 14.5. The van der Waals surface area contributed by atoms with E-state index in [2.05, 4.69) is 5.10 Å². The maximum absolute atomic E-state index is 12.7. The minimum absolute atomic E-state index is 0.122. The lowest BCUT2D eigenvalue weighted by atomic mass is 10.2. The zero-order chi connectivity index (χ0) is 13.9. The Kier molecular flexibility index (Phi) is 4.59. The quantitative estimate of drug-likeness (QED) is 0.834. The highest BCUT2D eigenvalue weighted by Crippen LogP contribution is 2.28. The molecule has 108 valence electrons. The Bertz CT molecular complexity index is 506. The highest BCUT2D eigenvalue weighted by Gasteiger charge is 2.33. The molecule has 0 amide bonds. The van der Waals surface area contributed by atoms with Crippen LogP contribution in [0.5, 0.6) is 0 Å². The molecule has 19 heavy (non-hydrogen) atoms. The molecular formula is C12H22N4O2S. The Hall–Kier alpha value is -0.920. The molecule has 0 bridgehead atoms. The van der Waals surface area contributed by atoms with Gasteiger partial charge in [-0.2, -0.15) is 9.40 Å². The summed E-state index contributed by atoms with van der Waals surface area (Å²) in [5.41, 5.74) is 5.52. The fourth-order valence-corrected chi connectivity index (χ4v) is 4.32. The molecule has 2 N–H and O–H groups in total. The van der Waals surface area contributed by atoms with E-state index < -0.39 is 10.0 Å². The molecule has 0 unspecified atom stereocenters. The van der Waals surface area contributed by atoms with Crippen LogP contribution in [0.2, 0.25) is 0 Å². The highest BCUT2D eigenvalue weighted by molar-refractivity contribution is 7.89. The Morgan fingerprint density at radius 1 is 1.47 bits per heavy atom. The van der Waals surface area contributed by atoms with E-state index in [-0.39, 0.29) is 10.9 Å². The van der Waals surface area contributed by atoms with E-state index in [9.17, 15) is 8.42 Å². The number of aromatic nitrogens is 2. The van der Waals surface area contributed by atoms with Crippen molar-refractivity contribution in [1.29, 1.82) is 0 Å². The first-order chi connectivity index (χ1) is 9.05. The number of aryl methyl sites for hydroxylation is 1. The fourth-order valence-electron chi connectivity index (χ4n) is 2.61. The second-order valence-corrected chi connectivity index (χ2v) is 6.94. The van der Waals surface area contributed by atoms with Gasteiger partial charge in [0.15, 0.2) is 0 Å². The molecule has 0 aromatic carbocycles. The van der Waals surface area contributed by atoms with Crippen molar-refractivity contribution >= 4 is 10.0 Å². The molecule has 1 heterocycles. The van der Waals surface area contributed by atoms with Gasteiger partial charge in [-0.05, 0) is 25.8 Å². The molecule has 1 aromatic heterocycles.